The molecule has 0 heterocycles. The van der Waals surface area contributed by atoms with E-state index in [4.69, 9.17) is 10.5 Å². The molecule has 1 aliphatic rings. The van der Waals surface area contributed by atoms with Crippen molar-refractivity contribution < 1.29 is 9.53 Å². The lowest BCUT2D eigenvalue weighted by Crippen LogP contribution is -2.44. The molecule has 21 heavy (non-hydrogen) atoms. The van der Waals surface area contributed by atoms with Gasteiger partial charge in [-0.25, -0.2) is 0 Å². The lowest BCUT2D eigenvalue weighted by molar-refractivity contribution is -0.135. The molecule has 1 aromatic rings. The maximum absolute atomic E-state index is 12.3. The number of likely N-dealkylation sites (N-methyl/N-ethyl adjacent to an activating group) is 1. The molecule has 0 aliphatic heterocycles. The molecule has 2 rings (SSSR count). The van der Waals surface area contributed by atoms with Gasteiger partial charge in [-0.15, -0.1) is 0 Å². The third kappa shape index (κ3) is 3.97. The zero-order valence-electron chi connectivity index (χ0n) is 13.0. The molecule has 1 saturated carbocycles. The van der Waals surface area contributed by atoms with Crippen LogP contribution in [0.4, 0.5) is 0 Å². The molecule has 0 bridgehead atoms. The Hall–Kier alpha value is -1.55. The summed E-state index contributed by atoms with van der Waals surface area (Å²) >= 11 is 0. The highest BCUT2D eigenvalue weighted by molar-refractivity contribution is 5.77. The van der Waals surface area contributed by atoms with Crippen LogP contribution in [0.15, 0.2) is 24.3 Å². The van der Waals surface area contributed by atoms with E-state index >= 15 is 0 Å². The molecule has 2 N–H and O–H groups in total. The number of benzene rings is 1. The van der Waals surface area contributed by atoms with Crippen molar-refractivity contribution >= 4 is 5.91 Å². The summed E-state index contributed by atoms with van der Waals surface area (Å²) in [5.74, 6) is 1.32. The molecule has 4 nitrogen and oxygen atoms in total. The molecule has 2 unspecified atom stereocenters. The van der Waals surface area contributed by atoms with E-state index in [2.05, 4.69) is 6.92 Å². The average molecular weight is 290 g/mol. The smallest absolute Gasteiger partial charge is 0.260 e. The molecule has 0 saturated heterocycles. The second-order valence-corrected chi connectivity index (χ2v) is 5.93. The predicted molar refractivity (Wildman–Crippen MR) is 84.0 cm³/mol. The number of amides is 1. The van der Waals surface area contributed by atoms with E-state index < -0.39 is 0 Å². The number of nitrogens with zero attached hydrogens (tertiary/aromatic N) is 1. The van der Waals surface area contributed by atoms with E-state index in [0.717, 1.165) is 12.0 Å². The number of hydrogen-bond donors (Lipinski definition) is 1. The normalized spacial score (nSPS) is 21.9. The van der Waals surface area contributed by atoms with Crippen LogP contribution in [0.3, 0.4) is 0 Å². The van der Waals surface area contributed by atoms with E-state index in [0.29, 0.717) is 24.3 Å². The van der Waals surface area contributed by atoms with Crippen LogP contribution in [-0.2, 0) is 11.3 Å². The Labute approximate surface area is 127 Å². The zero-order valence-corrected chi connectivity index (χ0v) is 13.0. The van der Waals surface area contributed by atoms with E-state index in [1.807, 2.05) is 36.2 Å². The maximum Gasteiger partial charge on any atom is 0.260 e. The Morgan fingerprint density at radius 2 is 2.05 bits per heavy atom. The highest BCUT2D eigenvalue weighted by Crippen LogP contribution is 2.27. The molecular weight excluding hydrogens is 264 g/mol. The van der Waals surface area contributed by atoms with Crippen molar-refractivity contribution in [2.24, 2.45) is 11.7 Å². The molecule has 2 atom stereocenters. The van der Waals surface area contributed by atoms with E-state index in [-0.39, 0.29) is 12.5 Å². The van der Waals surface area contributed by atoms with Crippen molar-refractivity contribution in [2.45, 2.75) is 45.2 Å². The topological polar surface area (TPSA) is 55.6 Å². The molecule has 0 spiro atoms. The second kappa shape index (κ2) is 7.46. The summed E-state index contributed by atoms with van der Waals surface area (Å²) in [5.41, 5.74) is 6.61. The van der Waals surface area contributed by atoms with Gasteiger partial charge in [-0.2, -0.15) is 0 Å². The third-order valence-corrected chi connectivity index (χ3v) is 4.50. The minimum atomic E-state index is 0.0422. The van der Waals surface area contributed by atoms with Crippen LogP contribution in [0, 0.1) is 5.92 Å². The number of rotatable bonds is 5. The lowest BCUT2D eigenvalue weighted by Gasteiger charge is -2.36. The average Bonchev–Trinajstić information content (AvgIpc) is 2.52. The van der Waals surface area contributed by atoms with E-state index in [1.54, 1.807) is 0 Å². The Morgan fingerprint density at radius 3 is 2.76 bits per heavy atom. The fourth-order valence-corrected chi connectivity index (χ4v) is 3.11. The monoisotopic (exact) mass is 290 g/mol. The zero-order chi connectivity index (χ0) is 15.2. The van der Waals surface area contributed by atoms with Crippen LogP contribution in [0.2, 0.25) is 0 Å². The molecule has 0 aromatic heterocycles. The van der Waals surface area contributed by atoms with Gasteiger partial charge in [-0.05, 0) is 24.8 Å². The highest BCUT2D eigenvalue weighted by atomic mass is 16.5. The van der Waals surface area contributed by atoms with Gasteiger partial charge in [0.05, 0.1) is 0 Å². The molecule has 1 fully saturated rings. The van der Waals surface area contributed by atoms with Crippen LogP contribution in [0.5, 0.6) is 5.75 Å². The SMILES string of the molecule is CC1CCCCC1N(C)C(=O)COc1ccccc1CN. The van der Waals surface area contributed by atoms with Crippen LogP contribution < -0.4 is 10.5 Å². The number of nitrogens with two attached hydrogens (primary N) is 1. The first-order valence-corrected chi connectivity index (χ1v) is 7.80. The van der Waals surface area contributed by atoms with Gasteiger partial charge in [0, 0.05) is 25.2 Å². The van der Waals surface area contributed by atoms with Gasteiger partial charge in [-0.1, -0.05) is 38.0 Å². The van der Waals surface area contributed by atoms with Gasteiger partial charge in [0.15, 0.2) is 6.61 Å². The lowest BCUT2D eigenvalue weighted by atomic mass is 9.85. The van der Waals surface area contributed by atoms with Crippen LogP contribution >= 0.6 is 0 Å². The fraction of sp³-hybridized carbons (Fsp3) is 0.588. The van der Waals surface area contributed by atoms with Crippen LogP contribution in [0.1, 0.15) is 38.2 Å². The van der Waals surface area contributed by atoms with Crippen molar-refractivity contribution in [3.05, 3.63) is 29.8 Å². The largest absolute Gasteiger partial charge is 0.483 e. The minimum Gasteiger partial charge on any atom is -0.483 e. The van der Waals surface area contributed by atoms with E-state index in [1.165, 1.54) is 19.3 Å². The van der Waals surface area contributed by atoms with Crippen molar-refractivity contribution in [2.75, 3.05) is 13.7 Å². The van der Waals surface area contributed by atoms with Gasteiger partial charge >= 0.3 is 0 Å². The molecule has 116 valence electrons. The summed E-state index contributed by atoms with van der Waals surface area (Å²) < 4.78 is 5.67. The summed E-state index contributed by atoms with van der Waals surface area (Å²) in [4.78, 5) is 14.2. The number of ether oxygens (including phenoxy) is 1. The molecule has 1 aromatic carbocycles. The van der Waals surface area contributed by atoms with Gasteiger partial charge in [0.1, 0.15) is 5.75 Å². The van der Waals surface area contributed by atoms with Gasteiger partial charge < -0.3 is 15.4 Å². The van der Waals surface area contributed by atoms with Gasteiger partial charge in [0.2, 0.25) is 0 Å². The van der Waals surface area contributed by atoms with Gasteiger partial charge in [-0.3, -0.25) is 4.79 Å². The summed E-state index contributed by atoms with van der Waals surface area (Å²) in [6.45, 7) is 2.73. The van der Waals surface area contributed by atoms with Gasteiger partial charge in [0.25, 0.3) is 5.91 Å². The first-order valence-electron chi connectivity index (χ1n) is 7.80. The van der Waals surface area contributed by atoms with E-state index in [9.17, 15) is 4.79 Å². The Morgan fingerprint density at radius 1 is 1.33 bits per heavy atom. The van der Waals surface area contributed by atoms with Crippen molar-refractivity contribution in [3.8, 4) is 5.75 Å². The predicted octanol–water partition coefficient (Wildman–Crippen LogP) is 2.56. The first-order chi connectivity index (χ1) is 10.1. The van der Waals surface area contributed by atoms with Crippen molar-refractivity contribution in [3.63, 3.8) is 0 Å². The molecule has 4 heteroatoms. The van der Waals surface area contributed by atoms with Crippen LogP contribution in [0.25, 0.3) is 0 Å². The number of carbonyl (C=O) groups is 1. The Bertz CT molecular complexity index is 476. The first kappa shape index (κ1) is 15.8. The summed E-state index contributed by atoms with van der Waals surface area (Å²) in [7, 11) is 1.90. The molecule has 0 radical (unpaired) electrons. The highest BCUT2D eigenvalue weighted by Gasteiger charge is 2.27. The molecule has 1 amide bonds. The maximum atomic E-state index is 12.3. The standard InChI is InChI=1S/C17H26N2O2/c1-13-7-3-5-9-15(13)19(2)17(20)12-21-16-10-6-4-8-14(16)11-18/h4,6,8,10,13,15H,3,5,7,9,11-12,18H2,1-2H3. The van der Waals surface area contributed by atoms with Crippen molar-refractivity contribution in [1.29, 1.82) is 0 Å². The number of hydrogen-bond acceptors (Lipinski definition) is 3. The summed E-state index contributed by atoms with van der Waals surface area (Å²) in [6.07, 6.45) is 4.80. The number of carbonyl (C=O) groups excluding carboxylic acids is 1. The fourth-order valence-electron chi connectivity index (χ4n) is 3.11. The number of para-hydroxylation sites is 1. The summed E-state index contributed by atoms with van der Waals surface area (Å²) in [5, 5.41) is 0. The second-order valence-electron chi connectivity index (χ2n) is 5.93. The van der Waals surface area contributed by atoms with Crippen molar-refractivity contribution in [1.82, 2.24) is 4.90 Å². The Kier molecular flexibility index (Phi) is 5.62. The molecular formula is C17H26N2O2. The molecule has 1 aliphatic carbocycles. The minimum absolute atomic E-state index is 0.0422. The summed E-state index contributed by atoms with van der Waals surface area (Å²) in [6, 6.07) is 7.95. The Balaban J connectivity index is 1.91. The quantitative estimate of drug-likeness (QED) is 0.906. The van der Waals surface area contributed by atoms with Crippen LogP contribution in [-0.4, -0.2) is 30.5 Å². The third-order valence-electron chi connectivity index (χ3n) is 4.50.